The second-order valence-corrected chi connectivity index (χ2v) is 14.5. The van der Waals surface area contributed by atoms with Gasteiger partial charge in [0.2, 0.25) is 0 Å². The molecule has 9 aromatic carbocycles. The fraction of sp³-hybridized carbons (Fsp3) is 0. The highest BCUT2D eigenvalue weighted by Crippen LogP contribution is 2.43. The van der Waals surface area contributed by atoms with Gasteiger partial charge in [0.25, 0.3) is 0 Å². The molecule has 0 aliphatic rings. The van der Waals surface area contributed by atoms with Crippen molar-refractivity contribution in [2.75, 3.05) is 4.90 Å². The van der Waals surface area contributed by atoms with E-state index in [0.717, 1.165) is 61.4 Å². The molecule has 0 amide bonds. The molecule has 0 bridgehead atoms. The second-order valence-electron chi connectivity index (χ2n) is 14.5. The molecule has 57 heavy (non-hydrogen) atoms. The number of nitrogens with zero attached hydrogens (tertiary/aromatic N) is 2. The fourth-order valence-corrected chi connectivity index (χ4v) is 8.65. The minimum atomic E-state index is 0.902. The van der Waals surface area contributed by atoms with Crippen LogP contribution in [0.5, 0.6) is 0 Å². The van der Waals surface area contributed by atoms with Gasteiger partial charge in [-0.05, 0) is 82.9 Å². The number of hydrogen-bond donors (Lipinski definition) is 0. The lowest BCUT2D eigenvalue weighted by Gasteiger charge is -2.26. The Bertz CT molecular complexity index is 3190. The molecule has 0 aliphatic heterocycles. The van der Waals surface area contributed by atoms with Crippen LogP contribution in [0, 0.1) is 0 Å². The topological polar surface area (TPSA) is 21.3 Å². The molecule has 0 unspecified atom stereocenters. The molecule has 0 saturated carbocycles. The van der Waals surface area contributed by atoms with Crippen LogP contribution in [-0.2, 0) is 0 Å². The number of fused-ring (bicyclic) bond motifs is 6. The predicted octanol–water partition coefficient (Wildman–Crippen LogP) is 15.2. The smallest absolute Gasteiger partial charge is 0.143 e. The molecule has 3 nitrogen and oxygen atoms in total. The summed E-state index contributed by atoms with van der Waals surface area (Å²) in [6.45, 7) is 0. The number of furan rings is 1. The molecule has 3 heteroatoms. The Balaban J connectivity index is 1.01. The summed E-state index contributed by atoms with van der Waals surface area (Å²) in [6.07, 6.45) is 0. The number of aromatic nitrogens is 1. The van der Waals surface area contributed by atoms with Crippen molar-refractivity contribution < 1.29 is 4.42 Å². The summed E-state index contributed by atoms with van der Waals surface area (Å²) in [4.78, 5) is 2.33. The van der Waals surface area contributed by atoms with Gasteiger partial charge in [0.1, 0.15) is 11.2 Å². The third-order valence-electron chi connectivity index (χ3n) is 11.2. The van der Waals surface area contributed by atoms with Crippen LogP contribution in [0.3, 0.4) is 0 Å². The molecule has 11 rings (SSSR count). The van der Waals surface area contributed by atoms with E-state index < -0.39 is 0 Å². The molecule has 268 valence electrons. The molecule has 0 N–H and O–H groups in total. The first-order valence-electron chi connectivity index (χ1n) is 19.4. The predicted molar refractivity (Wildman–Crippen MR) is 239 cm³/mol. The largest absolute Gasteiger partial charge is 0.455 e. The van der Waals surface area contributed by atoms with E-state index in [4.69, 9.17) is 4.42 Å². The van der Waals surface area contributed by atoms with E-state index in [1.54, 1.807) is 0 Å². The molecular formula is C54H36N2O. The van der Waals surface area contributed by atoms with Gasteiger partial charge in [-0.1, -0.05) is 158 Å². The lowest BCUT2D eigenvalue weighted by atomic mass is 9.93. The van der Waals surface area contributed by atoms with Crippen LogP contribution in [0.1, 0.15) is 0 Å². The van der Waals surface area contributed by atoms with Gasteiger partial charge in [-0.2, -0.15) is 0 Å². The van der Waals surface area contributed by atoms with Crippen LogP contribution in [0.2, 0.25) is 0 Å². The van der Waals surface area contributed by atoms with Crippen molar-refractivity contribution in [1.29, 1.82) is 0 Å². The van der Waals surface area contributed by atoms with Crippen molar-refractivity contribution in [2.24, 2.45) is 0 Å². The maximum atomic E-state index is 6.46. The molecular weight excluding hydrogens is 693 g/mol. The highest BCUT2D eigenvalue weighted by molar-refractivity contribution is 6.11. The highest BCUT2D eigenvalue weighted by Gasteiger charge is 2.19. The van der Waals surface area contributed by atoms with Crippen LogP contribution in [0.4, 0.5) is 17.1 Å². The summed E-state index contributed by atoms with van der Waals surface area (Å²) < 4.78 is 8.87. The Kier molecular flexibility index (Phi) is 7.82. The Morgan fingerprint density at radius 3 is 1.65 bits per heavy atom. The summed E-state index contributed by atoms with van der Waals surface area (Å²) in [5, 5.41) is 4.77. The summed E-state index contributed by atoms with van der Waals surface area (Å²) in [5.74, 6) is 0. The Morgan fingerprint density at radius 1 is 0.333 bits per heavy atom. The van der Waals surface area contributed by atoms with Crippen molar-refractivity contribution in [3.8, 4) is 39.1 Å². The van der Waals surface area contributed by atoms with Crippen LogP contribution in [0.15, 0.2) is 223 Å². The van der Waals surface area contributed by atoms with Crippen molar-refractivity contribution in [3.63, 3.8) is 0 Å². The van der Waals surface area contributed by atoms with E-state index >= 15 is 0 Å². The Labute approximate surface area is 330 Å². The van der Waals surface area contributed by atoms with Gasteiger partial charge in [-0.25, -0.2) is 0 Å². The normalized spacial score (nSPS) is 11.5. The van der Waals surface area contributed by atoms with Crippen molar-refractivity contribution >= 4 is 60.8 Å². The zero-order chi connectivity index (χ0) is 37.7. The third kappa shape index (κ3) is 5.51. The quantitative estimate of drug-likeness (QED) is 0.163. The first kappa shape index (κ1) is 32.8. The minimum Gasteiger partial charge on any atom is -0.455 e. The lowest BCUT2D eigenvalue weighted by Crippen LogP contribution is -2.09. The Morgan fingerprint density at radius 2 is 0.877 bits per heavy atom. The molecule has 2 heterocycles. The SMILES string of the molecule is c1ccc(N(c2ccc(-c3ccccc3-c3ccccc3-n3c4ccccc4c4ccccc43)cc2)c2cccc(-c3cccc4c3oc3ccccc34)c2)cc1. The molecule has 0 radical (unpaired) electrons. The molecule has 2 aromatic heterocycles. The average Bonchev–Trinajstić information content (AvgIpc) is 3.83. The van der Waals surface area contributed by atoms with Crippen molar-refractivity contribution in [2.45, 2.75) is 0 Å². The van der Waals surface area contributed by atoms with Crippen molar-refractivity contribution in [1.82, 2.24) is 4.57 Å². The van der Waals surface area contributed by atoms with Gasteiger partial charge in [0.15, 0.2) is 0 Å². The number of hydrogen-bond acceptors (Lipinski definition) is 2. The van der Waals surface area contributed by atoms with Gasteiger partial charge in [0.05, 0.1) is 16.7 Å². The van der Waals surface area contributed by atoms with E-state index in [1.807, 2.05) is 12.1 Å². The zero-order valence-corrected chi connectivity index (χ0v) is 31.1. The van der Waals surface area contributed by atoms with Crippen LogP contribution in [0.25, 0.3) is 82.8 Å². The number of anilines is 3. The molecule has 0 saturated heterocycles. The van der Waals surface area contributed by atoms with Crippen LogP contribution >= 0.6 is 0 Å². The standard InChI is InChI=1S/C54H36N2O/c1-2-17-39(18-3-1)55(41-19-14-16-38(36-41)43-26-15-27-49-48-25-9-13-31-53(48)57-54(43)49)40-34-32-37(33-35-40)42-20-4-5-21-44(42)45-22-6-10-28-50(45)56-51-29-11-7-23-46(51)47-24-8-12-30-52(47)56/h1-36H. The molecule has 0 atom stereocenters. The van der Waals surface area contributed by atoms with E-state index in [9.17, 15) is 0 Å². The summed E-state index contributed by atoms with van der Waals surface area (Å²) in [5.41, 5.74) is 15.5. The van der Waals surface area contributed by atoms with E-state index in [1.165, 1.54) is 38.5 Å². The van der Waals surface area contributed by atoms with E-state index in [2.05, 4.69) is 216 Å². The summed E-state index contributed by atoms with van der Waals surface area (Å²) >= 11 is 0. The first-order valence-corrected chi connectivity index (χ1v) is 19.4. The fourth-order valence-electron chi connectivity index (χ4n) is 8.65. The molecule has 11 aromatic rings. The maximum Gasteiger partial charge on any atom is 0.143 e. The zero-order valence-electron chi connectivity index (χ0n) is 31.1. The summed E-state index contributed by atoms with van der Waals surface area (Å²) in [6, 6.07) is 78.0. The van der Waals surface area contributed by atoms with Crippen molar-refractivity contribution in [3.05, 3.63) is 218 Å². The maximum absolute atomic E-state index is 6.46. The number of rotatable bonds is 7. The van der Waals surface area contributed by atoms with Gasteiger partial charge < -0.3 is 13.9 Å². The average molecular weight is 729 g/mol. The van der Waals surface area contributed by atoms with E-state index in [0.29, 0.717) is 0 Å². The number of para-hydroxylation sites is 6. The monoisotopic (exact) mass is 728 g/mol. The van der Waals surface area contributed by atoms with Crippen LogP contribution in [-0.4, -0.2) is 4.57 Å². The third-order valence-corrected chi connectivity index (χ3v) is 11.2. The van der Waals surface area contributed by atoms with Gasteiger partial charge >= 0.3 is 0 Å². The lowest BCUT2D eigenvalue weighted by molar-refractivity contribution is 0.670. The van der Waals surface area contributed by atoms with Crippen LogP contribution < -0.4 is 4.90 Å². The van der Waals surface area contributed by atoms with Gasteiger partial charge in [-0.3, -0.25) is 0 Å². The second kappa shape index (κ2) is 13.6. The summed E-state index contributed by atoms with van der Waals surface area (Å²) in [7, 11) is 0. The van der Waals surface area contributed by atoms with E-state index in [-0.39, 0.29) is 0 Å². The minimum absolute atomic E-state index is 0.902. The Hall–Kier alpha value is -7.62. The molecule has 0 aliphatic carbocycles. The molecule has 0 spiro atoms. The first-order chi connectivity index (χ1) is 28.3. The van der Waals surface area contributed by atoms with Gasteiger partial charge in [-0.15, -0.1) is 0 Å². The molecule has 0 fully saturated rings. The highest BCUT2D eigenvalue weighted by atomic mass is 16.3. The van der Waals surface area contributed by atoms with Gasteiger partial charge in [0, 0.05) is 49.7 Å². The number of benzene rings is 9.